The van der Waals surface area contributed by atoms with Crippen LogP contribution in [0.3, 0.4) is 0 Å². The Morgan fingerprint density at radius 1 is 1.00 bits per heavy atom. The smallest absolute Gasteiger partial charge is 0.205 e. The zero-order valence-corrected chi connectivity index (χ0v) is 12.1. The van der Waals surface area contributed by atoms with Gasteiger partial charge in [0.15, 0.2) is 24.1 Å². The summed E-state index contributed by atoms with van der Waals surface area (Å²) < 4.78 is 59.5. The van der Waals surface area contributed by atoms with Crippen LogP contribution >= 0.6 is 0 Å². The van der Waals surface area contributed by atoms with Crippen LogP contribution in [0.15, 0.2) is 30.3 Å². The Morgan fingerprint density at radius 2 is 1.57 bits per heavy atom. The minimum atomic E-state index is -1.77. The molecule has 2 rings (SSSR count). The zero-order chi connectivity index (χ0) is 17.0. The molecule has 0 spiro atoms. The van der Waals surface area contributed by atoms with E-state index in [9.17, 15) is 17.6 Å². The third-order valence-corrected chi connectivity index (χ3v) is 3.20. The van der Waals surface area contributed by atoms with E-state index in [4.69, 9.17) is 10.00 Å². The normalized spacial score (nSPS) is 10.3. The number of nitrogens with zero attached hydrogens (tertiary/aromatic N) is 2. The van der Waals surface area contributed by atoms with Crippen LogP contribution in [0.2, 0.25) is 0 Å². The Balaban J connectivity index is 2.29. The minimum absolute atomic E-state index is 0.320. The van der Waals surface area contributed by atoms with Crippen LogP contribution < -0.4 is 9.64 Å². The average Bonchev–Trinajstić information content (AvgIpc) is 2.58. The first-order valence-corrected chi connectivity index (χ1v) is 6.70. The lowest BCUT2D eigenvalue weighted by Crippen LogP contribution is -2.28. The molecular formula is C16H12F4N2O. The van der Waals surface area contributed by atoms with Crippen molar-refractivity contribution in [3.63, 3.8) is 0 Å². The maximum Gasteiger partial charge on any atom is 0.205 e. The number of benzene rings is 2. The summed E-state index contributed by atoms with van der Waals surface area (Å²) in [5.41, 5.74) is -0.604. The lowest BCUT2D eigenvalue weighted by molar-refractivity contribution is 0.270. The van der Waals surface area contributed by atoms with Gasteiger partial charge < -0.3 is 9.64 Å². The van der Waals surface area contributed by atoms with Gasteiger partial charge in [-0.05, 0) is 19.1 Å². The standard InChI is InChI=1S/C16H12F4N2O/c1-2-22(10-6-4-3-5-7-10)9-23-16-14(19)12(17)11(8-21)13(18)15(16)20/h3-7H,2,9H2,1H3. The van der Waals surface area contributed by atoms with Crippen LogP contribution in [-0.2, 0) is 0 Å². The molecule has 0 heterocycles. The van der Waals surface area contributed by atoms with E-state index in [1.165, 1.54) is 0 Å². The second kappa shape index (κ2) is 7.01. The largest absolute Gasteiger partial charge is 0.467 e. The third-order valence-electron chi connectivity index (χ3n) is 3.20. The second-order valence-electron chi connectivity index (χ2n) is 4.54. The third kappa shape index (κ3) is 3.21. The molecule has 0 aromatic heterocycles. The van der Waals surface area contributed by atoms with Gasteiger partial charge in [-0.2, -0.15) is 14.0 Å². The molecule has 3 nitrogen and oxygen atoms in total. The number of anilines is 1. The molecule has 120 valence electrons. The van der Waals surface area contributed by atoms with Crippen LogP contribution in [0.25, 0.3) is 0 Å². The van der Waals surface area contributed by atoms with E-state index in [2.05, 4.69) is 0 Å². The number of halogens is 4. The van der Waals surface area contributed by atoms with Crippen LogP contribution in [0, 0.1) is 34.6 Å². The second-order valence-corrected chi connectivity index (χ2v) is 4.54. The van der Waals surface area contributed by atoms with E-state index in [0.717, 1.165) is 6.07 Å². The highest BCUT2D eigenvalue weighted by molar-refractivity contribution is 5.46. The van der Waals surface area contributed by atoms with Gasteiger partial charge in [0, 0.05) is 12.2 Å². The van der Waals surface area contributed by atoms with E-state index in [0.29, 0.717) is 12.2 Å². The van der Waals surface area contributed by atoms with Crippen molar-refractivity contribution in [2.45, 2.75) is 6.92 Å². The molecule has 7 heteroatoms. The lowest BCUT2D eigenvalue weighted by Gasteiger charge is -2.23. The van der Waals surface area contributed by atoms with Gasteiger partial charge in [-0.1, -0.05) is 18.2 Å². The average molecular weight is 324 g/mol. The number of rotatable bonds is 5. The number of nitriles is 1. The summed E-state index contributed by atoms with van der Waals surface area (Å²) in [6, 6.07) is 9.90. The summed E-state index contributed by atoms with van der Waals surface area (Å²) >= 11 is 0. The van der Waals surface area contributed by atoms with Crippen molar-refractivity contribution in [2.24, 2.45) is 0 Å². The molecule has 2 aromatic rings. The first-order chi connectivity index (χ1) is 11.0. The van der Waals surface area contributed by atoms with Crippen molar-refractivity contribution in [1.82, 2.24) is 0 Å². The molecule has 0 saturated carbocycles. The van der Waals surface area contributed by atoms with Crippen LogP contribution in [0.5, 0.6) is 5.75 Å². The number of hydrogen-bond acceptors (Lipinski definition) is 3. The fraction of sp³-hybridized carbons (Fsp3) is 0.188. The van der Waals surface area contributed by atoms with Gasteiger partial charge in [0.1, 0.15) is 11.6 Å². The van der Waals surface area contributed by atoms with Crippen molar-refractivity contribution in [3.05, 3.63) is 59.2 Å². The first-order valence-electron chi connectivity index (χ1n) is 6.70. The Morgan fingerprint density at radius 3 is 2.04 bits per heavy atom. The topological polar surface area (TPSA) is 36.3 Å². The van der Waals surface area contributed by atoms with E-state index in [-0.39, 0.29) is 6.73 Å². The molecule has 2 aromatic carbocycles. The summed E-state index contributed by atoms with van der Waals surface area (Å²) in [4.78, 5) is 1.60. The van der Waals surface area contributed by atoms with Crippen LogP contribution in [0.1, 0.15) is 12.5 Å². The summed E-state index contributed by atoms with van der Waals surface area (Å²) in [6.45, 7) is 1.90. The molecule has 0 aliphatic rings. The highest BCUT2D eigenvalue weighted by Gasteiger charge is 2.27. The maximum atomic E-state index is 13.8. The van der Waals surface area contributed by atoms with Gasteiger partial charge >= 0.3 is 0 Å². The molecule has 23 heavy (non-hydrogen) atoms. The van der Waals surface area contributed by atoms with Gasteiger partial charge in [-0.15, -0.1) is 0 Å². The van der Waals surface area contributed by atoms with Crippen molar-refractivity contribution in [3.8, 4) is 11.8 Å². The highest BCUT2D eigenvalue weighted by Crippen LogP contribution is 2.30. The summed E-state index contributed by atoms with van der Waals surface area (Å²) in [6.07, 6.45) is 0. The molecule has 0 amide bonds. The molecule has 0 bridgehead atoms. The predicted molar refractivity (Wildman–Crippen MR) is 75.9 cm³/mol. The molecule has 0 unspecified atom stereocenters. The molecule has 0 aliphatic heterocycles. The molecule has 0 saturated heterocycles. The van der Waals surface area contributed by atoms with E-state index in [1.807, 2.05) is 0 Å². The maximum absolute atomic E-state index is 13.8. The molecule has 0 N–H and O–H groups in total. The minimum Gasteiger partial charge on any atom is -0.467 e. The predicted octanol–water partition coefficient (Wildman–Crippen LogP) is 3.98. The SMILES string of the molecule is CCN(COc1c(F)c(F)c(C#N)c(F)c1F)c1ccccc1. The van der Waals surface area contributed by atoms with E-state index >= 15 is 0 Å². The van der Waals surface area contributed by atoms with Gasteiger partial charge in [0.25, 0.3) is 0 Å². The van der Waals surface area contributed by atoms with Gasteiger partial charge in [0.2, 0.25) is 11.6 Å². The Kier molecular flexibility index (Phi) is 5.06. The van der Waals surface area contributed by atoms with Crippen LogP contribution in [0.4, 0.5) is 23.2 Å². The highest BCUT2D eigenvalue weighted by atomic mass is 19.2. The number of hydrogen-bond donors (Lipinski definition) is 0. The Hall–Kier alpha value is -2.75. The van der Waals surface area contributed by atoms with Gasteiger partial charge in [0.05, 0.1) is 0 Å². The fourth-order valence-electron chi connectivity index (χ4n) is 1.97. The molecule has 0 radical (unpaired) electrons. The lowest BCUT2D eigenvalue weighted by atomic mass is 10.2. The molecule has 0 aliphatic carbocycles. The zero-order valence-electron chi connectivity index (χ0n) is 12.1. The van der Waals surface area contributed by atoms with Crippen molar-refractivity contribution >= 4 is 5.69 Å². The quantitative estimate of drug-likeness (QED) is 0.474. The number of para-hydroxylation sites is 1. The first kappa shape index (κ1) is 16.6. The van der Waals surface area contributed by atoms with E-state index < -0.39 is 34.6 Å². The molecule has 0 atom stereocenters. The van der Waals surface area contributed by atoms with Crippen LogP contribution in [-0.4, -0.2) is 13.3 Å². The van der Waals surface area contributed by atoms with Gasteiger partial charge in [-0.25, -0.2) is 8.78 Å². The summed E-state index contributed by atoms with van der Waals surface area (Å²) in [5, 5.41) is 8.53. The fourth-order valence-corrected chi connectivity index (χ4v) is 1.97. The monoisotopic (exact) mass is 324 g/mol. The Bertz CT molecular complexity index is 715. The van der Waals surface area contributed by atoms with Crippen molar-refractivity contribution in [1.29, 1.82) is 5.26 Å². The summed E-state index contributed by atoms with van der Waals surface area (Å²) in [5.74, 6) is -8.20. The van der Waals surface area contributed by atoms with E-state index in [1.54, 1.807) is 42.2 Å². The Labute approximate surface area is 130 Å². The van der Waals surface area contributed by atoms with Gasteiger partial charge in [-0.3, -0.25) is 0 Å². The summed E-state index contributed by atoms with van der Waals surface area (Å²) in [7, 11) is 0. The van der Waals surface area contributed by atoms with Crippen molar-refractivity contribution in [2.75, 3.05) is 18.2 Å². The molecule has 0 fully saturated rings. The number of ether oxygens (including phenoxy) is 1. The van der Waals surface area contributed by atoms with Crippen molar-refractivity contribution < 1.29 is 22.3 Å². The molecular weight excluding hydrogens is 312 g/mol.